The van der Waals surface area contributed by atoms with Crippen LogP contribution in [-0.4, -0.2) is 29.1 Å². The lowest BCUT2D eigenvalue weighted by molar-refractivity contribution is -0.437. The minimum Gasteiger partial charge on any atom is -0.429 e. The number of carbonyl (C=O) groups excluding carboxylic acids is 1. The zero-order chi connectivity index (χ0) is 14.5. The number of esters is 1. The topological polar surface area (TPSA) is 65.0 Å². The smallest absolute Gasteiger partial charge is 0.336 e. The lowest BCUT2D eigenvalue weighted by atomic mass is 9.58. The van der Waals surface area contributed by atoms with Gasteiger partial charge in [0.2, 0.25) is 6.29 Å². The van der Waals surface area contributed by atoms with Crippen LogP contribution < -0.4 is 0 Å². The second-order valence-electron chi connectivity index (χ2n) is 6.30. The van der Waals surface area contributed by atoms with Crippen molar-refractivity contribution in [2.45, 2.75) is 51.6 Å². The number of aliphatic hydroxyl groups is 1. The van der Waals surface area contributed by atoms with Gasteiger partial charge in [0.25, 0.3) is 0 Å². The maximum absolute atomic E-state index is 11.6. The van der Waals surface area contributed by atoms with Gasteiger partial charge in [0.05, 0.1) is 0 Å². The molecule has 0 saturated carbocycles. The number of ether oxygens (including phenoxy) is 1. The van der Waals surface area contributed by atoms with Crippen LogP contribution in [0, 0.1) is 11.3 Å². The molecule has 3 heterocycles. The number of cyclic esters (lactones) is 1. The van der Waals surface area contributed by atoms with E-state index in [-0.39, 0.29) is 17.4 Å². The number of hydrogen-bond donors (Lipinski definition) is 1. The van der Waals surface area contributed by atoms with Gasteiger partial charge < -0.3 is 9.84 Å². The summed E-state index contributed by atoms with van der Waals surface area (Å²) >= 11 is 0. The van der Waals surface area contributed by atoms with Crippen molar-refractivity contribution in [3.63, 3.8) is 0 Å². The Bertz CT molecular complexity index is 496. The normalized spacial score (nSPS) is 46.5. The first-order chi connectivity index (χ1) is 9.36. The van der Waals surface area contributed by atoms with Crippen LogP contribution in [0.15, 0.2) is 23.8 Å². The third kappa shape index (κ3) is 1.84. The first kappa shape index (κ1) is 13.8. The van der Waals surface area contributed by atoms with Crippen LogP contribution in [0.2, 0.25) is 0 Å². The van der Waals surface area contributed by atoms with Gasteiger partial charge >= 0.3 is 5.97 Å². The predicted octanol–water partition coefficient (Wildman–Crippen LogP) is 1.87. The van der Waals surface area contributed by atoms with Crippen molar-refractivity contribution in [2.75, 3.05) is 0 Å². The summed E-state index contributed by atoms with van der Waals surface area (Å²) in [6.45, 7) is 6.31. The Morgan fingerprint density at radius 2 is 2.15 bits per heavy atom. The van der Waals surface area contributed by atoms with Crippen LogP contribution in [0.25, 0.3) is 0 Å². The minimum atomic E-state index is -1.10. The molecule has 0 amide bonds. The Hall–Kier alpha value is -1.17. The summed E-state index contributed by atoms with van der Waals surface area (Å²) in [5, 5.41) is 9.30. The van der Waals surface area contributed by atoms with E-state index in [1.165, 1.54) is 6.08 Å². The van der Waals surface area contributed by atoms with E-state index >= 15 is 0 Å². The molecule has 1 saturated heterocycles. The van der Waals surface area contributed by atoms with Crippen LogP contribution in [0.3, 0.4) is 0 Å². The molecule has 5 heteroatoms. The van der Waals surface area contributed by atoms with E-state index in [4.69, 9.17) is 14.5 Å². The Morgan fingerprint density at radius 3 is 2.65 bits per heavy atom. The van der Waals surface area contributed by atoms with Gasteiger partial charge in [-0.1, -0.05) is 26.0 Å². The van der Waals surface area contributed by atoms with Gasteiger partial charge in [-0.25, -0.2) is 14.6 Å². The molecular weight excluding hydrogens is 260 g/mol. The predicted molar refractivity (Wildman–Crippen MR) is 70.2 cm³/mol. The fourth-order valence-corrected chi connectivity index (χ4v) is 3.36. The Morgan fingerprint density at radius 1 is 1.40 bits per heavy atom. The molecule has 4 aliphatic rings. The molecule has 1 aliphatic carbocycles. The molecule has 4 rings (SSSR count). The minimum absolute atomic E-state index is 0.0445. The van der Waals surface area contributed by atoms with E-state index in [2.05, 4.69) is 19.9 Å². The second-order valence-corrected chi connectivity index (χ2v) is 6.30. The average molecular weight is 280 g/mol. The molecule has 5 nitrogen and oxygen atoms in total. The van der Waals surface area contributed by atoms with E-state index in [1.54, 1.807) is 0 Å². The first-order valence-electron chi connectivity index (χ1n) is 6.99. The molecule has 1 N–H and O–H groups in total. The molecule has 0 aromatic carbocycles. The molecule has 0 aromatic heterocycles. The van der Waals surface area contributed by atoms with Gasteiger partial charge in [-0.05, 0) is 31.8 Å². The van der Waals surface area contributed by atoms with E-state index < -0.39 is 17.9 Å². The second kappa shape index (κ2) is 4.41. The lowest BCUT2D eigenvalue weighted by Gasteiger charge is -2.56. The molecule has 0 aromatic rings. The van der Waals surface area contributed by atoms with Gasteiger partial charge in [0, 0.05) is 11.0 Å². The summed E-state index contributed by atoms with van der Waals surface area (Å²) in [6, 6.07) is 0. The van der Waals surface area contributed by atoms with Crippen LogP contribution in [0.5, 0.6) is 0 Å². The standard InChI is InChI=1S/C15H20O5/c1-9-11-5-7-15(3,20-19-11)14(9,2)6-4-10-8-12(16)18-13(10)17/h5,7-9,11-12,16H,4,6H2,1-3H3/t9-,11?,12?,14+,15-/m1/s1. The van der Waals surface area contributed by atoms with Crippen molar-refractivity contribution in [1.82, 2.24) is 0 Å². The van der Waals surface area contributed by atoms with Crippen molar-refractivity contribution in [2.24, 2.45) is 11.3 Å². The SMILES string of the molecule is C[C@@H]1C2C=C[C@@](C)(OO2)[C@@]1(C)CCC1=CC(O)OC1=O. The highest BCUT2D eigenvalue weighted by atomic mass is 17.2. The number of rotatable bonds is 3. The van der Waals surface area contributed by atoms with E-state index in [9.17, 15) is 9.90 Å². The van der Waals surface area contributed by atoms with Crippen molar-refractivity contribution >= 4 is 5.97 Å². The molecule has 3 aliphatic heterocycles. The maximum Gasteiger partial charge on any atom is 0.336 e. The average Bonchev–Trinajstić information content (AvgIpc) is 2.72. The summed E-state index contributed by atoms with van der Waals surface area (Å²) in [5.41, 5.74) is -0.0943. The van der Waals surface area contributed by atoms with E-state index in [0.29, 0.717) is 12.0 Å². The van der Waals surface area contributed by atoms with Crippen molar-refractivity contribution < 1.29 is 24.4 Å². The summed E-state index contributed by atoms with van der Waals surface area (Å²) in [4.78, 5) is 22.5. The molecule has 2 unspecified atom stereocenters. The Labute approximate surface area is 118 Å². The highest BCUT2D eigenvalue weighted by molar-refractivity contribution is 5.90. The number of carbonyl (C=O) groups is 1. The van der Waals surface area contributed by atoms with Gasteiger partial charge in [-0.3, -0.25) is 0 Å². The maximum atomic E-state index is 11.6. The Balaban J connectivity index is 1.78. The van der Waals surface area contributed by atoms with Crippen molar-refractivity contribution in [3.8, 4) is 0 Å². The summed E-state index contributed by atoms with van der Waals surface area (Å²) in [7, 11) is 0. The van der Waals surface area contributed by atoms with Gasteiger partial charge in [0.1, 0.15) is 11.7 Å². The van der Waals surface area contributed by atoms with E-state index in [1.807, 2.05) is 13.0 Å². The molecule has 2 bridgehead atoms. The number of fused-ring (bicyclic) bond motifs is 2. The van der Waals surface area contributed by atoms with Gasteiger partial charge in [-0.2, -0.15) is 0 Å². The molecular formula is C15H20O5. The summed E-state index contributed by atoms with van der Waals surface area (Å²) in [5.74, 6) is -0.137. The van der Waals surface area contributed by atoms with Crippen LogP contribution in [0.4, 0.5) is 0 Å². The quantitative estimate of drug-likeness (QED) is 0.486. The molecule has 0 spiro atoms. The molecule has 110 valence electrons. The highest BCUT2D eigenvalue weighted by Crippen LogP contribution is 2.54. The number of hydrogen-bond acceptors (Lipinski definition) is 5. The van der Waals surface area contributed by atoms with E-state index in [0.717, 1.165) is 6.42 Å². The van der Waals surface area contributed by atoms with Crippen molar-refractivity contribution in [3.05, 3.63) is 23.8 Å². The van der Waals surface area contributed by atoms with Crippen molar-refractivity contribution in [1.29, 1.82) is 0 Å². The van der Waals surface area contributed by atoms with Gasteiger partial charge in [0.15, 0.2) is 0 Å². The highest BCUT2D eigenvalue weighted by Gasteiger charge is 2.57. The fraction of sp³-hybridized carbons (Fsp3) is 0.667. The third-order valence-corrected chi connectivity index (χ3v) is 5.32. The largest absolute Gasteiger partial charge is 0.429 e. The molecule has 5 atom stereocenters. The number of aliphatic hydroxyl groups excluding tert-OH is 1. The van der Waals surface area contributed by atoms with Gasteiger partial charge in [-0.15, -0.1) is 0 Å². The Kier molecular flexibility index (Phi) is 3.04. The zero-order valence-electron chi connectivity index (χ0n) is 12.0. The first-order valence-corrected chi connectivity index (χ1v) is 6.99. The van der Waals surface area contributed by atoms with Crippen LogP contribution in [0.1, 0.15) is 33.6 Å². The third-order valence-electron chi connectivity index (χ3n) is 5.32. The summed E-state index contributed by atoms with van der Waals surface area (Å²) in [6.07, 6.45) is 5.77. The molecule has 0 radical (unpaired) electrons. The van der Waals surface area contributed by atoms with Crippen LogP contribution >= 0.6 is 0 Å². The van der Waals surface area contributed by atoms with Crippen LogP contribution in [-0.2, 0) is 19.3 Å². The molecule has 1 fully saturated rings. The zero-order valence-corrected chi connectivity index (χ0v) is 12.0. The summed E-state index contributed by atoms with van der Waals surface area (Å²) < 4.78 is 4.71. The lowest BCUT2D eigenvalue weighted by Crippen LogP contribution is -2.59. The fourth-order valence-electron chi connectivity index (χ4n) is 3.36. The monoisotopic (exact) mass is 280 g/mol. The molecule has 20 heavy (non-hydrogen) atoms.